The first-order valence-electron chi connectivity index (χ1n) is 8.46. The minimum Gasteiger partial charge on any atom is -0.497 e. The van der Waals surface area contributed by atoms with Gasteiger partial charge in [0.2, 0.25) is 0 Å². The standard InChI is InChI=1S/C17H24N2O4S/c1-23-16-6-4-14(5-7-16)17(20)15-8-12-19(13-9-15)24(21,22)18-10-2-3-11-18/h4-7,15H,2-3,8-13H2,1H3. The molecule has 1 aromatic carbocycles. The number of methoxy groups -OCH3 is 1. The van der Waals surface area contributed by atoms with Crippen LogP contribution in [0, 0.1) is 5.92 Å². The van der Waals surface area contributed by atoms with Gasteiger partial charge in [-0.15, -0.1) is 0 Å². The molecule has 2 aliphatic rings. The summed E-state index contributed by atoms with van der Waals surface area (Å²) in [6.07, 6.45) is 3.03. The fourth-order valence-electron chi connectivity index (χ4n) is 3.42. The van der Waals surface area contributed by atoms with E-state index in [9.17, 15) is 13.2 Å². The normalized spacial score (nSPS) is 21.0. The summed E-state index contributed by atoms with van der Waals surface area (Å²) in [4.78, 5) is 12.6. The highest BCUT2D eigenvalue weighted by Crippen LogP contribution is 2.26. The minimum absolute atomic E-state index is 0.0934. The molecule has 132 valence electrons. The molecule has 0 aromatic heterocycles. The second-order valence-electron chi connectivity index (χ2n) is 6.38. The van der Waals surface area contributed by atoms with E-state index in [0.717, 1.165) is 18.6 Å². The van der Waals surface area contributed by atoms with Crippen LogP contribution in [0.25, 0.3) is 0 Å². The highest BCUT2D eigenvalue weighted by molar-refractivity contribution is 7.86. The molecule has 3 rings (SSSR count). The van der Waals surface area contributed by atoms with Gasteiger partial charge < -0.3 is 4.74 Å². The molecule has 0 saturated carbocycles. The number of hydrogen-bond acceptors (Lipinski definition) is 4. The van der Waals surface area contributed by atoms with E-state index < -0.39 is 10.2 Å². The monoisotopic (exact) mass is 352 g/mol. The lowest BCUT2D eigenvalue weighted by Crippen LogP contribution is -2.46. The van der Waals surface area contributed by atoms with Gasteiger partial charge in [-0.3, -0.25) is 4.79 Å². The second kappa shape index (κ2) is 7.21. The lowest BCUT2D eigenvalue weighted by molar-refractivity contribution is 0.0873. The quantitative estimate of drug-likeness (QED) is 0.760. The molecule has 24 heavy (non-hydrogen) atoms. The Labute approximate surface area is 143 Å². The summed E-state index contributed by atoms with van der Waals surface area (Å²) in [6.45, 7) is 2.08. The smallest absolute Gasteiger partial charge is 0.281 e. The third-order valence-electron chi connectivity index (χ3n) is 4.92. The Hall–Kier alpha value is -1.44. The summed E-state index contributed by atoms with van der Waals surface area (Å²) >= 11 is 0. The summed E-state index contributed by atoms with van der Waals surface area (Å²) in [5, 5.41) is 0. The first kappa shape index (κ1) is 17.4. The van der Waals surface area contributed by atoms with Crippen LogP contribution in [-0.2, 0) is 10.2 Å². The molecule has 6 nitrogen and oxygen atoms in total. The van der Waals surface area contributed by atoms with Crippen molar-refractivity contribution in [3.8, 4) is 5.75 Å². The van der Waals surface area contributed by atoms with Crippen molar-refractivity contribution >= 4 is 16.0 Å². The van der Waals surface area contributed by atoms with Crippen LogP contribution in [0.5, 0.6) is 5.75 Å². The molecule has 0 amide bonds. The topological polar surface area (TPSA) is 66.9 Å². The summed E-state index contributed by atoms with van der Waals surface area (Å²) in [6, 6.07) is 7.10. The molecular formula is C17H24N2O4S. The molecule has 2 saturated heterocycles. The van der Waals surface area contributed by atoms with Crippen LogP contribution in [0.15, 0.2) is 24.3 Å². The van der Waals surface area contributed by atoms with E-state index in [2.05, 4.69) is 0 Å². The van der Waals surface area contributed by atoms with E-state index >= 15 is 0 Å². The first-order chi connectivity index (χ1) is 11.5. The summed E-state index contributed by atoms with van der Waals surface area (Å²) in [7, 11) is -1.76. The largest absolute Gasteiger partial charge is 0.497 e. The van der Waals surface area contributed by atoms with Crippen molar-refractivity contribution in [2.45, 2.75) is 25.7 Å². The van der Waals surface area contributed by atoms with Gasteiger partial charge in [0.1, 0.15) is 5.75 Å². The number of rotatable bonds is 5. The van der Waals surface area contributed by atoms with E-state index in [1.54, 1.807) is 35.7 Å². The van der Waals surface area contributed by atoms with E-state index in [1.807, 2.05) is 0 Å². The fourth-order valence-corrected chi connectivity index (χ4v) is 5.14. The molecule has 0 atom stereocenters. The Kier molecular flexibility index (Phi) is 5.22. The van der Waals surface area contributed by atoms with Gasteiger partial charge in [-0.25, -0.2) is 0 Å². The van der Waals surface area contributed by atoms with Crippen molar-refractivity contribution in [2.24, 2.45) is 5.92 Å². The van der Waals surface area contributed by atoms with Crippen molar-refractivity contribution in [2.75, 3.05) is 33.3 Å². The molecule has 2 fully saturated rings. The van der Waals surface area contributed by atoms with E-state index in [-0.39, 0.29) is 11.7 Å². The van der Waals surface area contributed by atoms with Gasteiger partial charge in [0.25, 0.3) is 10.2 Å². The van der Waals surface area contributed by atoms with Crippen LogP contribution in [0.1, 0.15) is 36.0 Å². The molecule has 0 radical (unpaired) electrons. The van der Waals surface area contributed by atoms with Crippen LogP contribution in [-0.4, -0.2) is 56.1 Å². The van der Waals surface area contributed by atoms with Gasteiger partial charge in [0.05, 0.1) is 7.11 Å². The van der Waals surface area contributed by atoms with Gasteiger partial charge in [-0.2, -0.15) is 17.0 Å². The third-order valence-corrected chi connectivity index (χ3v) is 6.95. The van der Waals surface area contributed by atoms with Crippen LogP contribution in [0.3, 0.4) is 0 Å². The molecule has 7 heteroatoms. The van der Waals surface area contributed by atoms with E-state index in [4.69, 9.17) is 4.74 Å². The molecule has 0 N–H and O–H groups in total. The van der Waals surface area contributed by atoms with Crippen LogP contribution in [0.4, 0.5) is 0 Å². The number of ketones is 1. The van der Waals surface area contributed by atoms with Crippen molar-refractivity contribution in [1.82, 2.24) is 8.61 Å². The van der Waals surface area contributed by atoms with Gasteiger partial charge in [-0.1, -0.05) is 0 Å². The number of nitrogens with zero attached hydrogens (tertiary/aromatic N) is 2. The number of piperidine rings is 1. The average Bonchev–Trinajstić information content (AvgIpc) is 3.17. The van der Waals surface area contributed by atoms with Gasteiger partial charge >= 0.3 is 0 Å². The maximum absolute atomic E-state index is 12.6. The molecule has 0 aliphatic carbocycles. The number of ether oxygens (including phenoxy) is 1. The molecular weight excluding hydrogens is 328 g/mol. The molecule has 2 aliphatic heterocycles. The zero-order valence-corrected chi connectivity index (χ0v) is 14.8. The molecule has 0 unspecified atom stereocenters. The van der Waals surface area contributed by atoms with E-state index in [1.165, 1.54) is 4.31 Å². The number of benzene rings is 1. The average molecular weight is 352 g/mol. The number of hydrogen-bond donors (Lipinski definition) is 0. The van der Waals surface area contributed by atoms with E-state index in [0.29, 0.717) is 44.6 Å². The van der Waals surface area contributed by atoms with Crippen molar-refractivity contribution in [1.29, 1.82) is 0 Å². The van der Waals surface area contributed by atoms with Gasteiger partial charge in [-0.05, 0) is 49.9 Å². The minimum atomic E-state index is -3.35. The zero-order chi connectivity index (χ0) is 17.2. The third kappa shape index (κ3) is 3.48. The maximum Gasteiger partial charge on any atom is 0.281 e. The Morgan fingerprint density at radius 2 is 1.54 bits per heavy atom. The van der Waals surface area contributed by atoms with Crippen molar-refractivity contribution < 1.29 is 17.9 Å². The highest BCUT2D eigenvalue weighted by Gasteiger charge is 2.35. The predicted molar refractivity (Wildman–Crippen MR) is 91.3 cm³/mol. The van der Waals surface area contributed by atoms with Crippen LogP contribution < -0.4 is 4.74 Å². The highest BCUT2D eigenvalue weighted by atomic mass is 32.2. The Bertz CT molecular complexity index is 673. The number of Topliss-reactive ketones (excluding diaryl/α,β-unsaturated/α-hetero) is 1. The summed E-state index contributed by atoms with van der Waals surface area (Å²) in [5.41, 5.74) is 0.664. The SMILES string of the molecule is COc1ccc(C(=O)C2CCN(S(=O)(=O)N3CCCC3)CC2)cc1. The molecule has 2 heterocycles. The molecule has 0 spiro atoms. The Morgan fingerprint density at radius 1 is 1.00 bits per heavy atom. The lowest BCUT2D eigenvalue weighted by atomic mass is 9.89. The Balaban J connectivity index is 1.60. The Morgan fingerprint density at radius 3 is 2.08 bits per heavy atom. The summed E-state index contributed by atoms with van der Waals surface area (Å²) < 4.78 is 33.3. The number of carbonyl (C=O) groups is 1. The first-order valence-corrected chi connectivity index (χ1v) is 9.85. The van der Waals surface area contributed by atoms with Crippen LogP contribution >= 0.6 is 0 Å². The number of carbonyl (C=O) groups excluding carboxylic acids is 1. The fraction of sp³-hybridized carbons (Fsp3) is 0.588. The van der Waals surface area contributed by atoms with Crippen molar-refractivity contribution in [3.05, 3.63) is 29.8 Å². The van der Waals surface area contributed by atoms with Crippen LogP contribution in [0.2, 0.25) is 0 Å². The predicted octanol–water partition coefficient (Wildman–Crippen LogP) is 1.93. The maximum atomic E-state index is 12.6. The van der Waals surface area contributed by atoms with Gasteiger partial charge in [0, 0.05) is 37.7 Å². The molecule has 0 bridgehead atoms. The lowest BCUT2D eigenvalue weighted by Gasteiger charge is -2.33. The zero-order valence-electron chi connectivity index (χ0n) is 14.0. The summed E-state index contributed by atoms with van der Waals surface area (Å²) in [5.74, 6) is 0.706. The second-order valence-corrected chi connectivity index (χ2v) is 8.31. The molecule has 1 aromatic rings. The van der Waals surface area contributed by atoms with Crippen molar-refractivity contribution in [3.63, 3.8) is 0 Å². The van der Waals surface area contributed by atoms with Gasteiger partial charge in [0.15, 0.2) is 5.78 Å².